The van der Waals surface area contributed by atoms with Gasteiger partial charge in [0.05, 0.1) is 23.6 Å². The van der Waals surface area contributed by atoms with Crippen molar-refractivity contribution in [2.24, 2.45) is 0 Å². The molecule has 0 radical (unpaired) electrons. The Kier molecular flexibility index (Phi) is 3.87. The highest BCUT2D eigenvalue weighted by molar-refractivity contribution is 5.56. The highest BCUT2D eigenvalue weighted by Gasteiger charge is 2.35. The third-order valence-electron chi connectivity index (χ3n) is 3.74. The van der Waals surface area contributed by atoms with E-state index in [0.29, 0.717) is 26.2 Å². The van der Waals surface area contributed by atoms with Gasteiger partial charge < -0.3 is 9.80 Å². The molecule has 0 N–H and O–H groups in total. The molecule has 1 aromatic heterocycles. The van der Waals surface area contributed by atoms with Crippen LogP contribution in [0.25, 0.3) is 0 Å². The Morgan fingerprint density at radius 3 is 2.09 bits per heavy atom. The van der Waals surface area contributed by atoms with Gasteiger partial charge in [0.15, 0.2) is 0 Å². The van der Waals surface area contributed by atoms with Crippen molar-refractivity contribution in [1.82, 2.24) is 9.97 Å². The molecule has 0 atom stereocenters. The largest absolute Gasteiger partial charge is 0.418 e. The van der Waals surface area contributed by atoms with Crippen LogP contribution in [-0.2, 0) is 6.18 Å². The number of hydrogen-bond acceptors (Lipinski definition) is 4. The number of para-hydroxylation sites is 1. The summed E-state index contributed by atoms with van der Waals surface area (Å²) in [4.78, 5) is 11.8. The summed E-state index contributed by atoms with van der Waals surface area (Å²) in [6.07, 6.45) is 0.555. The monoisotopic (exact) mass is 308 g/mol. The lowest BCUT2D eigenvalue weighted by Crippen LogP contribution is -2.47. The molecule has 1 saturated heterocycles. The summed E-state index contributed by atoms with van der Waals surface area (Å²) in [6, 6.07) is 5.72. The smallest absolute Gasteiger partial charge is 0.367 e. The maximum Gasteiger partial charge on any atom is 0.418 e. The second kappa shape index (κ2) is 5.82. The number of aromatic nitrogens is 2. The molecule has 1 aliphatic rings. The summed E-state index contributed by atoms with van der Waals surface area (Å²) >= 11 is 0. The molecular formula is C15H15F3N4. The fourth-order valence-electron chi connectivity index (χ4n) is 2.65. The first kappa shape index (κ1) is 14.6. The lowest BCUT2D eigenvalue weighted by atomic mass is 10.1. The van der Waals surface area contributed by atoms with Crippen LogP contribution in [0.1, 0.15) is 5.56 Å². The molecule has 116 valence electrons. The predicted octanol–water partition coefficient (Wildman–Crippen LogP) is 2.82. The number of benzene rings is 1. The van der Waals surface area contributed by atoms with Gasteiger partial charge in [-0.05, 0) is 12.1 Å². The zero-order chi connectivity index (χ0) is 15.6. The molecular weight excluding hydrogens is 293 g/mol. The Balaban J connectivity index is 1.75. The van der Waals surface area contributed by atoms with Crippen molar-refractivity contribution in [2.75, 3.05) is 36.0 Å². The summed E-state index contributed by atoms with van der Waals surface area (Å²) in [7, 11) is 0. The second-order valence-corrected chi connectivity index (χ2v) is 5.09. The van der Waals surface area contributed by atoms with Crippen molar-refractivity contribution in [2.45, 2.75) is 6.18 Å². The molecule has 7 heteroatoms. The Bertz CT molecular complexity index is 622. The number of hydrogen-bond donors (Lipinski definition) is 0. The Morgan fingerprint density at radius 1 is 0.864 bits per heavy atom. The summed E-state index contributed by atoms with van der Waals surface area (Å²) < 4.78 is 39.3. The van der Waals surface area contributed by atoms with Gasteiger partial charge in [0.1, 0.15) is 6.33 Å². The van der Waals surface area contributed by atoms with Gasteiger partial charge in [-0.2, -0.15) is 13.2 Å². The van der Waals surface area contributed by atoms with Crippen molar-refractivity contribution in [3.05, 3.63) is 48.5 Å². The lowest BCUT2D eigenvalue weighted by Gasteiger charge is -2.37. The van der Waals surface area contributed by atoms with E-state index in [1.807, 2.05) is 0 Å². The summed E-state index contributed by atoms with van der Waals surface area (Å²) in [5.41, 5.74) is 0.566. The molecule has 1 fully saturated rings. The van der Waals surface area contributed by atoms with Crippen LogP contribution in [-0.4, -0.2) is 36.1 Å². The van der Waals surface area contributed by atoms with Crippen LogP contribution >= 0.6 is 0 Å². The molecule has 2 heterocycles. The number of halogens is 3. The van der Waals surface area contributed by atoms with Crippen molar-refractivity contribution >= 4 is 11.4 Å². The standard InChI is InChI=1S/C15H15F3N4/c16-15(17,18)13-3-1-2-4-14(13)22-7-5-21(6-8-22)12-9-19-11-20-10-12/h1-4,9-11H,5-8H2. The first-order valence-electron chi connectivity index (χ1n) is 6.97. The zero-order valence-corrected chi connectivity index (χ0v) is 11.8. The van der Waals surface area contributed by atoms with Crippen LogP contribution in [0, 0.1) is 0 Å². The highest BCUT2D eigenvalue weighted by Crippen LogP contribution is 2.36. The van der Waals surface area contributed by atoms with Crippen LogP contribution in [0.5, 0.6) is 0 Å². The summed E-state index contributed by atoms with van der Waals surface area (Å²) in [5, 5.41) is 0. The molecule has 1 aromatic carbocycles. The zero-order valence-electron chi connectivity index (χ0n) is 11.8. The minimum absolute atomic E-state index is 0.249. The van der Waals surface area contributed by atoms with Gasteiger partial charge in [0, 0.05) is 31.9 Å². The van der Waals surface area contributed by atoms with Crippen LogP contribution in [0.15, 0.2) is 43.0 Å². The molecule has 0 bridgehead atoms. The first-order valence-corrected chi connectivity index (χ1v) is 6.97. The molecule has 0 amide bonds. The van der Waals surface area contributed by atoms with Gasteiger partial charge >= 0.3 is 6.18 Å². The predicted molar refractivity (Wildman–Crippen MR) is 77.9 cm³/mol. The second-order valence-electron chi connectivity index (χ2n) is 5.09. The normalized spacial score (nSPS) is 16.0. The first-order chi connectivity index (χ1) is 10.6. The minimum Gasteiger partial charge on any atom is -0.367 e. The molecule has 1 aliphatic heterocycles. The Hall–Kier alpha value is -2.31. The van der Waals surface area contributed by atoms with E-state index in [1.54, 1.807) is 23.4 Å². The number of alkyl halides is 3. The SMILES string of the molecule is FC(F)(F)c1ccccc1N1CCN(c2cncnc2)CC1. The molecule has 3 rings (SSSR count). The van der Waals surface area contributed by atoms with Crippen molar-refractivity contribution in [1.29, 1.82) is 0 Å². The average molecular weight is 308 g/mol. The van der Waals surface area contributed by atoms with Gasteiger partial charge in [-0.1, -0.05) is 12.1 Å². The van der Waals surface area contributed by atoms with E-state index in [-0.39, 0.29) is 5.69 Å². The maximum absolute atomic E-state index is 13.1. The fourth-order valence-corrected chi connectivity index (χ4v) is 2.65. The van der Waals surface area contributed by atoms with Gasteiger partial charge in [-0.3, -0.25) is 0 Å². The van der Waals surface area contributed by atoms with Crippen molar-refractivity contribution in [3.8, 4) is 0 Å². The summed E-state index contributed by atoms with van der Waals surface area (Å²) in [5.74, 6) is 0. The highest BCUT2D eigenvalue weighted by atomic mass is 19.4. The molecule has 0 aliphatic carbocycles. The van der Waals surface area contributed by atoms with E-state index < -0.39 is 11.7 Å². The van der Waals surface area contributed by atoms with E-state index in [0.717, 1.165) is 11.8 Å². The molecule has 0 unspecified atom stereocenters. The van der Waals surface area contributed by atoms with Crippen molar-refractivity contribution in [3.63, 3.8) is 0 Å². The van der Waals surface area contributed by atoms with E-state index in [4.69, 9.17) is 0 Å². The number of nitrogens with zero attached hydrogens (tertiary/aromatic N) is 4. The molecule has 4 nitrogen and oxygen atoms in total. The van der Waals surface area contributed by atoms with Gasteiger partial charge in [-0.15, -0.1) is 0 Å². The van der Waals surface area contributed by atoms with Gasteiger partial charge in [0.2, 0.25) is 0 Å². The molecule has 0 spiro atoms. The van der Waals surface area contributed by atoms with E-state index >= 15 is 0 Å². The molecule has 2 aromatic rings. The van der Waals surface area contributed by atoms with E-state index in [9.17, 15) is 13.2 Å². The van der Waals surface area contributed by atoms with Gasteiger partial charge in [0.25, 0.3) is 0 Å². The number of piperazine rings is 1. The average Bonchev–Trinajstić information content (AvgIpc) is 2.55. The summed E-state index contributed by atoms with van der Waals surface area (Å²) in [6.45, 7) is 2.34. The van der Waals surface area contributed by atoms with Crippen LogP contribution in [0.4, 0.5) is 24.5 Å². The molecule has 0 saturated carbocycles. The van der Waals surface area contributed by atoms with Gasteiger partial charge in [-0.25, -0.2) is 9.97 Å². The fraction of sp³-hybridized carbons (Fsp3) is 0.333. The van der Waals surface area contributed by atoms with Crippen LogP contribution < -0.4 is 9.80 Å². The minimum atomic E-state index is -4.33. The quantitative estimate of drug-likeness (QED) is 0.854. The number of rotatable bonds is 2. The topological polar surface area (TPSA) is 32.3 Å². The van der Waals surface area contributed by atoms with E-state index in [1.165, 1.54) is 18.5 Å². The Labute approximate surface area is 126 Å². The Morgan fingerprint density at radius 2 is 1.45 bits per heavy atom. The maximum atomic E-state index is 13.1. The van der Waals surface area contributed by atoms with E-state index in [2.05, 4.69) is 14.9 Å². The van der Waals surface area contributed by atoms with Crippen molar-refractivity contribution < 1.29 is 13.2 Å². The number of anilines is 2. The lowest BCUT2D eigenvalue weighted by molar-refractivity contribution is -0.137. The van der Waals surface area contributed by atoms with Crippen LogP contribution in [0.3, 0.4) is 0 Å². The molecule has 22 heavy (non-hydrogen) atoms. The third-order valence-corrected chi connectivity index (χ3v) is 3.74. The third kappa shape index (κ3) is 2.98. The van der Waals surface area contributed by atoms with Crippen LogP contribution in [0.2, 0.25) is 0 Å².